The van der Waals surface area contributed by atoms with Crippen LogP contribution in [0.1, 0.15) is 67.5 Å². The second-order valence-electron chi connectivity index (χ2n) is 14.7. The van der Waals surface area contributed by atoms with E-state index in [2.05, 4.69) is 72.1 Å². The van der Waals surface area contributed by atoms with Crippen LogP contribution < -0.4 is 5.32 Å². The molecule has 236 valence electrons. The molecule has 3 atom stereocenters. The Morgan fingerprint density at radius 3 is 2.32 bits per heavy atom. The summed E-state index contributed by atoms with van der Waals surface area (Å²) >= 11 is 1.91. The van der Waals surface area contributed by atoms with Gasteiger partial charge in [0.05, 0.1) is 12.2 Å². The van der Waals surface area contributed by atoms with Crippen LogP contribution in [-0.4, -0.2) is 89.9 Å². The molecule has 1 aliphatic carbocycles. The molecule has 44 heavy (non-hydrogen) atoms. The molecule has 2 bridgehead atoms. The summed E-state index contributed by atoms with van der Waals surface area (Å²) in [4.78, 5) is 38.7. The number of carbonyl (C=O) groups is 2. The maximum absolute atomic E-state index is 12.7. The molecule has 5 heterocycles. The lowest BCUT2D eigenvalue weighted by atomic mass is 9.78. The Kier molecular flexibility index (Phi) is 8.13. The number of H-pyrrole nitrogens is 1. The van der Waals surface area contributed by atoms with E-state index in [4.69, 9.17) is 0 Å². The van der Waals surface area contributed by atoms with Crippen LogP contribution in [0.2, 0.25) is 0 Å². The quantitative estimate of drug-likeness (QED) is 0.334. The normalized spacial score (nSPS) is 24.6. The third kappa shape index (κ3) is 5.85. The zero-order valence-electron chi connectivity index (χ0n) is 27.0. The van der Waals surface area contributed by atoms with Crippen molar-refractivity contribution < 1.29 is 9.59 Å². The van der Waals surface area contributed by atoms with E-state index in [1.165, 1.54) is 43.0 Å². The van der Waals surface area contributed by atoms with Gasteiger partial charge in [-0.2, -0.15) is 0 Å². The van der Waals surface area contributed by atoms with Crippen LogP contribution in [0.3, 0.4) is 0 Å². The molecule has 3 saturated heterocycles. The van der Waals surface area contributed by atoms with E-state index in [-0.39, 0.29) is 17.2 Å². The summed E-state index contributed by atoms with van der Waals surface area (Å²) < 4.78 is 0. The first kappa shape index (κ1) is 30.0. The highest BCUT2D eigenvalue weighted by Gasteiger charge is 2.49. The minimum Gasteiger partial charge on any atom is -0.353 e. The number of amides is 2. The van der Waals surface area contributed by atoms with Crippen LogP contribution >= 0.6 is 11.3 Å². The summed E-state index contributed by atoms with van der Waals surface area (Å²) in [6.07, 6.45) is 6.53. The molecule has 2 N–H and O–H groups in total. The second-order valence-corrected chi connectivity index (χ2v) is 15.8. The average molecular weight is 616 g/mol. The van der Waals surface area contributed by atoms with Gasteiger partial charge in [-0.15, -0.1) is 11.3 Å². The number of nitrogens with one attached hydrogen (secondary N) is 2. The first-order valence-electron chi connectivity index (χ1n) is 16.9. The molecule has 1 aromatic carbocycles. The van der Waals surface area contributed by atoms with Crippen LogP contribution in [0.4, 0.5) is 0 Å². The number of hydrogen-bond donors (Lipinski definition) is 2. The lowest BCUT2D eigenvalue weighted by molar-refractivity contribution is -0.131. The van der Waals surface area contributed by atoms with Gasteiger partial charge >= 0.3 is 0 Å². The first-order valence-corrected chi connectivity index (χ1v) is 17.7. The summed E-state index contributed by atoms with van der Waals surface area (Å²) in [5.41, 5.74) is 6.56. The fraction of sp³-hybridized carbons (Fsp3) is 0.611. The molecule has 2 amide bonds. The number of aromatic nitrogens is 1. The summed E-state index contributed by atoms with van der Waals surface area (Å²) in [5, 5.41) is 4.61. The van der Waals surface area contributed by atoms with Crippen molar-refractivity contribution in [1.29, 1.82) is 0 Å². The van der Waals surface area contributed by atoms with Gasteiger partial charge < -0.3 is 20.1 Å². The fourth-order valence-electron chi connectivity index (χ4n) is 8.53. The minimum absolute atomic E-state index is 0.0164. The van der Waals surface area contributed by atoms with Crippen LogP contribution in [0.5, 0.6) is 0 Å². The number of rotatable bonds is 9. The maximum Gasteiger partial charge on any atom is 0.236 e. The second kappa shape index (κ2) is 11.9. The van der Waals surface area contributed by atoms with Crippen molar-refractivity contribution >= 4 is 33.4 Å². The van der Waals surface area contributed by atoms with Crippen molar-refractivity contribution in [3.63, 3.8) is 0 Å². The monoisotopic (exact) mass is 615 g/mol. The average Bonchev–Trinajstić information content (AvgIpc) is 3.80. The molecular weight excluding hydrogens is 566 g/mol. The fourth-order valence-corrected chi connectivity index (χ4v) is 9.73. The van der Waals surface area contributed by atoms with Gasteiger partial charge in [0.25, 0.3) is 0 Å². The molecule has 3 unspecified atom stereocenters. The van der Waals surface area contributed by atoms with E-state index in [0.29, 0.717) is 24.4 Å². The molecule has 1 saturated carbocycles. The molecule has 4 fully saturated rings. The number of hydrogen-bond acceptors (Lipinski definition) is 5. The summed E-state index contributed by atoms with van der Waals surface area (Å²) in [7, 11) is 0. The highest BCUT2D eigenvalue weighted by Crippen LogP contribution is 2.47. The highest BCUT2D eigenvalue weighted by molar-refractivity contribution is 7.18. The summed E-state index contributed by atoms with van der Waals surface area (Å²) in [6.45, 7) is 16.5. The van der Waals surface area contributed by atoms with Crippen LogP contribution in [0.25, 0.3) is 21.5 Å². The van der Waals surface area contributed by atoms with Gasteiger partial charge in [-0.25, -0.2) is 0 Å². The molecule has 0 spiro atoms. The lowest BCUT2D eigenvalue weighted by Crippen LogP contribution is -2.50. The molecule has 0 radical (unpaired) electrons. The molecule has 4 aliphatic rings. The maximum atomic E-state index is 12.7. The van der Waals surface area contributed by atoms with Crippen molar-refractivity contribution in [2.45, 2.75) is 77.7 Å². The third-order valence-electron chi connectivity index (χ3n) is 11.0. The van der Waals surface area contributed by atoms with Crippen molar-refractivity contribution in [2.24, 2.45) is 11.8 Å². The molecule has 3 aliphatic heterocycles. The zero-order valence-corrected chi connectivity index (χ0v) is 27.8. The Balaban J connectivity index is 1.09. The van der Waals surface area contributed by atoms with Gasteiger partial charge in [0.1, 0.15) is 4.83 Å². The van der Waals surface area contributed by atoms with E-state index >= 15 is 0 Å². The van der Waals surface area contributed by atoms with Gasteiger partial charge in [-0.1, -0.05) is 31.0 Å². The number of likely N-dealkylation sites (tertiary alicyclic amines) is 1. The van der Waals surface area contributed by atoms with Crippen molar-refractivity contribution in [3.05, 3.63) is 45.8 Å². The van der Waals surface area contributed by atoms with Gasteiger partial charge in [0.15, 0.2) is 0 Å². The van der Waals surface area contributed by atoms with Crippen molar-refractivity contribution in [2.75, 3.05) is 52.4 Å². The van der Waals surface area contributed by atoms with Crippen molar-refractivity contribution in [3.8, 4) is 11.3 Å². The predicted octanol–water partition coefficient (Wildman–Crippen LogP) is 5.49. The first-order chi connectivity index (χ1) is 21.1. The van der Waals surface area contributed by atoms with Crippen LogP contribution in [-0.2, 0) is 21.4 Å². The number of benzene rings is 1. The Bertz CT molecular complexity index is 1520. The molecule has 8 heteroatoms. The lowest BCUT2D eigenvalue weighted by Gasteiger charge is -2.35. The molecule has 2 aromatic heterocycles. The third-order valence-corrected chi connectivity index (χ3v) is 12.4. The Hall–Kier alpha value is -2.68. The molecular formula is C36H49N5O2S. The van der Waals surface area contributed by atoms with Gasteiger partial charge in [0.2, 0.25) is 11.8 Å². The number of fused-ring (bicyclic) bond motifs is 3. The molecule has 7 rings (SSSR count). The van der Waals surface area contributed by atoms with E-state index < -0.39 is 0 Å². The summed E-state index contributed by atoms with van der Waals surface area (Å²) in [5.74, 6) is 1.24. The number of thiophene rings is 1. The van der Waals surface area contributed by atoms with E-state index in [0.717, 1.165) is 84.3 Å². The van der Waals surface area contributed by atoms with E-state index in [1.807, 2.05) is 16.2 Å². The van der Waals surface area contributed by atoms with Crippen molar-refractivity contribution in [1.82, 2.24) is 25.0 Å². The zero-order chi connectivity index (χ0) is 30.6. The largest absolute Gasteiger partial charge is 0.353 e. The Morgan fingerprint density at radius 1 is 0.955 bits per heavy atom. The van der Waals surface area contributed by atoms with Crippen LogP contribution in [0, 0.1) is 25.7 Å². The van der Waals surface area contributed by atoms with Gasteiger partial charge in [-0.05, 0) is 93.0 Å². The number of piperazine rings is 1. The number of nitrogens with zero attached hydrogens (tertiary/aromatic N) is 3. The van der Waals surface area contributed by atoms with Crippen LogP contribution in [0.15, 0.2) is 24.3 Å². The smallest absolute Gasteiger partial charge is 0.236 e. The molecule has 7 nitrogen and oxygen atoms in total. The SMILES string of the molecule is Cc1cc(C)cc(-c2[nH]c3sc(C(C)(C)CC4C5CCC4C(=O)N5)cc3c2CCN2CCN(CC(=O)N3CCCC3)CC2)c1. The predicted molar refractivity (Wildman–Crippen MR) is 179 cm³/mol. The molecule has 3 aromatic rings. The van der Waals surface area contributed by atoms with E-state index in [9.17, 15) is 9.59 Å². The van der Waals surface area contributed by atoms with Gasteiger partial charge in [0, 0.05) is 68.0 Å². The van der Waals surface area contributed by atoms with E-state index in [1.54, 1.807) is 0 Å². The number of aryl methyl sites for hydroxylation is 2. The topological polar surface area (TPSA) is 71.7 Å². The Morgan fingerprint density at radius 2 is 1.66 bits per heavy atom. The van der Waals surface area contributed by atoms with Gasteiger partial charge in [-0.3, -0.25) is 14.5 Å². The number of carbonyl (C=O) groups excluding carboxylic acids is 2. The summed E-state index contributed by atoms with van der Waals surface area (Å²) in [6, 6.07) is 9.70. The number of piperidine rings is 1. The number of aromatic amines is 1. The highest BCUT2D eigenvalue weighted by atomic mass is 32.1. The Labute approximate surface area is 266 Å². The minimum atomic E-state index is 0.0164. The standard InChI is InChI=1S/C36H49N5O2S/c1-23-17-24(2)19-25(18-23)33-26(9-12-39-13-15-40(16-14-39)22-32(42)41-10-5-6-11-41)28-20-31(44-35(28)38-33)36(3,4)21-29-27-7-8-30(29)37-34(27)43/h17-20,27,29-30,38H,5-16,21-22H2,1-4H3,(H,37,43).